The van der Waals surface area contributed by atoms with Gasteiger partial charge in [-0.25, -0.2) is 23.4 Å². The number of aryl methyl sites for hydroxylation is 1. The molecule has 7 atom stereocenters. The van der Waals surface area contributed by atoms with E-state index in [1.807, 2.05) is 69.9 Å². The minimum Gasteiger partial charge on any atom is -0.465 e. The van der Waals surface area contributed by atoms with E-state index < -0.39 is 70.7 Å². The number of aliphatic hydroxyl groups excluding tert-OH is 1. The Balaban J connectivity index is 0.764. The fourth-order valence-electron chi connectivity index (χ4n) is 12.1. The SMILES string of the molecule is Cc1ncsc1-c1ccc([C@H](C)NC(=O)[C@@H]2C[C@@H](O)CN2C(=O)[C@@H](NC(=O)CCOCCCN2CC[C@H]2COc2nc(N3CC4CCC(C3)N4C(=O)O)c3cc(Cl)c(-c4ccc(F)c5sc(NC(=O)OC(C)(C)C)c(C#N)c45)c(F)c3n2)C(C)(C)C)cc1. The van der Waals surface area contributed by atoms with Gasteiger partial charge in [0.1, 0.15) is 52.5 Å². The highest BCUT2D eigenvalue weighted by Gasteiger charge is 2.46. The van der Waals surface area contributed by atoms with Gasteiger partial charge in [0.2, 0.25) is 17.7 Å². The number of benzene rings is 3. The van der Waals surface area contributed by atoms with Crippen LogP contribution in [0.3, 0.4) is 0 Å². The molecule has 3 aromatic carbocycles. The summed E-state index contributed by atoms with van der Waals surface area (Å²) in [6.07, 6.45) is -0.121. The average Bonchev–Trinajstić information content (AvgIpc) is 1.39. The molecule has 6 aromatic rings. The number of β-amino-alcohol motifs (C(OH)–C–C–N with tert-alkyl or cyclic N) is 1. The van der Waals surface area contributed by atoms with Gasteiger partial charge >= 0.3 is 18.2 Å². The van der Waals surface area contributed by atoms with Gasteiger partial charge in [0.25, 0.3) is 0 Å². The first kappa shape index (κ1) is 63.7. The van der Waals surface area contributed by atoms with Gasteiger partial charge in [0.05, 0.1) is 62.2 Å². The maximum absolute atomic E-state index is 17.6. The van der Waals surface area contributed by atoms with E-state index in [4.69, 9.17) is 30.8 Å². The van der Waals surface area contributed by atoms with Gasteiger partial charge in [-0.05, 0) is 94.5 Å². The lowest BCUT2D eigenvalue weighted by atomic mass is 9.85. The third kappa shape index (κ3) is 13.6. The normalized spacial score (nSPS) is 20.2. The highest BCUT2D eigenvalue weighted by Crippen LogP contribution is 2.47. The Morgan fingerprint density at radius 3 is 2.33 bits per heavy atom. The van der Waals surface area contributed by atoms with E-state index in [0.29, 0.717) is 38.2 Å². The minimum absolute atomic E-state index is 0.00284. The Labute approximate surface area is 521 Å². The largest absolute Gasteiger partial charge is 0.465 e. The highest BCUT2D eigenvalue weighted by atomic mass is 35.5. The molecule has 2 bridgehead atoms. The lowest BCUT2D eigenvalue weighted by Gasteiger charge is -2.41. The van der Waals surface area contributed by atoms with Crippen LogP contribution in [-0.4, -0.2) is 164 Å². The van der Waals surface area contributed by atoms with Gasteiger partial charge in [0, 0.05) is 74.6 Å². The van der Waals surface area contributed by atoms with Crippen LogP contribution in [0.25, 0.3) is 42.6 Å². The van der Waals surface area contributed by atoms with Gasteiger partial charge in [-0.15, -0.1) is 22.7 Å². The van der Waals surface area contributed by atoms with E-state index in [0.717, 1.165) is 52.1 Å². The van der Waals surface area contributed by atoms with E-state index >= 15 is 8.78 Å². The Kier molecular flexibility index (Phi) is 18.8. The molecule has 468 valence electrons. The molecule has 0 saturated carbocycles. The standard InChI is InChI=1S/C62H72ClF2N11O10S2/c1-32(34-10-12-35(13-11-34)51-33(2)67-31-87-51)68-55(79)45-24-39(77)29-75(45)57(80)53(61(3,4)5)69-46(78)19-23-84-22-9-20-73-21-18-38(73)30-85-58-70-50-41(54(71-58)74-27-36-14-15-37(28-74)76(36)60(82)83)25-43(63)48(49(50)65)40-16-17-44(64)52-47(40)42(26-66)56(88-52)72-59(81)86-62(6,7)8/h10-13,16-17,25,31-32,36-39,45,53,77H,9,14-15,18-24,27-30H2,1-8H3,(H,68,79)(H,69,78)(H,72,81)(H,82,83)/t32-,36?,37?,38-,39+,45-,53+/m0/s1. The zero-order chi connectivity index (χ0) is 63.1. The number of carbonyl (C=O) groups excluding carboxylic acids is 4. The van der Waals surface area contributed by atoms with E-state index in [1.165, 1.54) is 21.9 Å². The van der Waals surface area contributed by atoms with Crippen LogP contribution < -0.4 is 25.6 Å². The number of likely N-dealkylation sites (tertiary alicyclic amines) is 2. The molecule has 4 aliphatic rings. The topological polar surface area (TPSA) is 265 Å². The molecule has 2 unspecified atom stereocenters. The van der Waals surface area contributed by atoms with Crippen LogP contribution in [-0.2, 0) is 23.9 Å². The summed E-state index contributed by atoms with van der Waals surface area (Å²) in [7, 11) is 0. The summed E-state index contributed by atoms with van der Waals surface area (Å²) in [5.41, 5.74) is 2.62. The van der Waals surface area contributed by atoms with Crippen molar-refractivity contribution in [1.29, 1.82) is 5.26 Å². The molecular formula is C62H72ClF2N11O10S2. The maximum atomic E-state index is 17.6. The van der Waals surface area contributed by atoms with Crippen LogP contribution in [0.4, 0.5) is 29.2 Å². The average molecular weight is 1270 g/mol. The van der Waals surface area contributed by atoms with Crippen molar-refractivity contribution in [3.8, 4) is 33.6 Å². The van der Waals surface area contributed by atoms with Crippen molar-refractivity contribution in [3.63, 3.8) is 0 Å². The van der Waals surface area contributed by atoms with Crippen LogP contribution in [0, 0.1) is 35.3 Å². The molecule has 21 nitrogen and oxygen atoms in total. The van der Waals surface area contributed by atoms with Gasteiger partial charge in [-0.2, -0.15) is 15.2 Å². The molecule has 5 amide bonds. The number of nitriles is 1. The molecular weight excluding hydrogens is 1200 g/mol. The van der Waals surface area contributed by atoms with E-state index in [1.54, 1.807) is 37.6 Å². The number of halogens is 3. The first-order valence-electron chi connectivity index (χ1n) is 29.4. The lowest BCUT2D eigenvalue weighted by molar-refractivity contribution is -0.144. The number of carbonyl (C=O) groups is 5. The molecule has 4 fully saturated rings. The number of ether oxygens (including phenoxy) is 3. The van der Waals surface area contributed by atoms with Crippen molar-refractivity contribution in [2.24, 2.45) is 5.41 Å². The summed E-state index contributed by atoms with van der Waals surface area (Å²) >= 11 is 9.37. The van der Waals surface area contributed by atoms with Crippen molar-refractivity contribution in [1.82, 2.24) is 40.3 Å². The second kappa shape index (κ2) is 26.0. The predicted octanol–water partition coefficient (Wildman–Crippen LogP) is 10.0. The smallest absolute Gasteiger partial charge is 0.412 e. The molecule has 10 rings (SSSR count). The molecule has 26 heteroatoms. The van der Waals surface area contributed by atoms with Crippen LogP contribution in [0.5, 0.6) is 6.01 Å². The van der Waals surface area contributed by atoms with Crippen molar-refractivity contribution in [2.75, 3.05) is 62.8 Å². The van der Waals surface area contributed by atoms with Crippen LogP contribution >= 0.6 is 34.3 Å². The number of nitrogens with zero attached hydrogens (tertiary/aromatic N) is 8. The first-order valence-corrected chi connectivity index (χ1v) is 31.5. The number of aliphatic hydroxyl groups is 1. The number of amides is 5. The lowest BCUT2D eigenvalue weighted by Crippen LogP contribution is -2.58. The second-order valence-electron chi connectivity index (χ2n) is 25.0. The number of fused-ring (bicyclic) bond motifs is 4. The van der Waals surface area contributed by atoms with Crippen molar-refractivity contribution < 1.29 is 57.2 Å². The summed E-state index contributed by atoms with van der Waals surface area (Å²) in [6.45, 7) is 16.7. The number of anilines is 2. The number of thiazole rings is 1. The summed E-state index contributed by atoms with van der Waals surface area (Å²) < 4.78 is 50.8. The van der Waals surface area contributed by atoms with Crippen molar-refractivity contribution in [2.45, 2.75) is 142 Å². The molecule has 88 heavy (non-hydrogen) atoms. The number of carboxylic acid groups (broad SMARTS) is 1. The minimum atomic E-state index is -1.02. The van der Waals surface area contributed by atoms with Crippen LogP contribution in [0.1, 0.15) is 110 Å². The Hall–Kier alpha value is -7.34. The molecule has 0 radical (unpaired) electrons. The van der Waals surface area contributed by atoms with Gasteiger partial charge < -0.3 is 44.9 Å². The summed E-state index contributed by atoms with van der Waals surface area (Å²) in [5, 5.41) is 39.9. The highest BCUT2D eigenvalue weighted by molar-refractivity contribution is 7.23. The Bertz CT molecular complexity index is 3690. The van der Waals surface area contributed by atoms with Gasteiger partial charge in [-0.1, -0.05) is 62.7 Å². The second-order valence-corrected chi connectivity index (χ2v) is 27.3. The zero-order valence-electron chi connectivity index (χ0n) is 50.2. The number of nitrogens with one attached hydrogen (secondary N) is 3. The summed E-state index contributed by atoms with van der Waals surface area (Å²) in [6, 6.07) is 10.7. The van der Waals surface area contributed by atoms with Crippen molar-refractivity contribution >= 4 is 96.0 Å². The van der Waals surface area contributed by atoms with Gasteiger partial charge in [0.15, 0.2) is 5.82 Å². The predicted molar refractivity (Wildman–Crippen MR) is 331 cm³/mol. The molecule has 7 heterocycles. The fourth-order valence-corrected chi connectivity index (χ4v) is 14.3. The zero-order valence-corrected chi connectivity index (χ0v) is 52.6. The number of hydrogen-bond donors (Lipinski definition) is 5. The van der Waals surface area contributed by atoms with E-state index in [9.17, 15) is 39.4 Å². The third-order valence-electron chi connectivity index (χ3n) is 16.6. The molecule has 0 aliphatic carbocycles. The van der Waals surface area contributed by atoms with Crippen LogP contribution in [0.2, 0.25) is 5.02 Å². The maximum Gasteiger partial charge on any atom is 0.412 e. The van der Waals surface area contributed by atoms with E-state index in [-0.39, 0.29) is 124 Å². The number of thiophene rings is 1. The number of hydrogen-bond acceptors (Lipinski definition) is 17. The fraction of sp³-hybridized carbons (Fsp3) is 0.500. The van der Waals surface area contributed by atoms with Crippen LogP contribution in [0.15, 0.2) is 48.0 Å². The Morgan fingerprint density at radius 2 is 1.69 bits per heavy atom. The number of piperazine rings is 1. The Morgan fingerprint density at radius 1 is 0.966 bits per heavy atom. The summed E-state index contributed by atoms with van der Waals surface area (Å²) in [4.78, 5) is 88.4. The van der Waals surface area contributed by atoms with Gasteiger partial charge in [-0.3, -0.25) is 29.5 Å². The first-order chi connectivity index (χ1) is 41.8. The molecule has 4 aliphatic heterocycles. The third-order valence-corrected chi connectivity index (χ3v) is 19.0. The number of rotatable bonds is 19. The molecule has 0 spiro atoms. The molecule has 4 saturated heterocycles. The quantitative estimate of drug-likeness (QED) is 0.0472. The van der Waals surface area contributed by atoms with E-state index in [2.05, 4.69) is 30.8 Å². The summed E-state index contributed by atoms with van der Waals surface area (Å²) in [5.74, 6) is -2.59. The number of aromatic nitrogens is 3. The van der Waals surface area contributed by atoms with Crippen molar-refractivity contribution in [3.05, 3.63) is 81.5 Å². The molecule has 3 aromatic heterocycles. The molecule has 5 N–H and O–H groups in total. The monoisotopic (exact) mass is 1270 g/mol.